The summed E-state index contributed by atoms with van der Waals surface area (Å²) >= 11 is 0. The number of hydrogen-bond acceptors (Lipinski definition) is 5. The topological polar surface area (TPSA) is 89.5 Å². The number of carbonyl (C=O) groups excluding carboxylic acids is 2. The summed E-state index contributed by atoms with van der Waals surface area (Å²) in [5.41, 5.74) is 1.12. The van der Waals surface area contributed by atoms with E-state index >= 15 is 0 Å². The van der Waals surface area contributed by atoms with Crippen LogP contribution in [0.15, 0.2) is 48.5 Å². The smallest absolute Gasteiger partial charge is 0.338 e. The van der Waals surface area contributed by atoms with Gasteiger partial charge >= 0.3 is 5.97 Å². The van der Waals surface area contributed by atoms with E-state index < -0.39 is 33.6 Å². The fourth-order valence-corrected chi connectivity index (χ4v) is 2.90. The summed E-state index contributed by atoms with van der Waals surface area (Å²) < 4.78 is 40.4. The highest BCUT2D eigenvalue weighted by atomic mass is 32.2. The number of ether oxygens (including phenoxy) is 1. The summed E-state index contributed by atoms with van der Waals surface area (Å²) in [4.78, 5) is 24.1. The van der Waals surface area contributed by atoms with E-state index in [1.165, 1.54) is 55.5 Å². The average Bonchev–Trinajstić information content (AvgIpc) is 2.56. The van der Waals surface area contributed by atoms with E-state index in [0.29, 0.717) is 11.3 Å². The Morgan fingerprint density at radius 1 is 1.08 bits per heavy atom. The Kier molecular flexibility index (Phi) is 6.10. The fraction of sp³-hybridized carbons (Fsp3) is 0.222. The summed E-state index contributed by atoms with van der Waals surface area (Å²) in [6, 6.07) is 11.1. The highest BCUT2D eigenvalue weighted by Gasteiger charge is 2.19. The van der Waals surface area contributed by atoms with Gasteiger partial charge in [0.2, 0.25) is 0 Å². The minimum atomic E-state index is -3.17. The van der Waals surface area contributed by atoms with Gasteiger partial charge in [0, 0.05) is 11.9 Å². The molecule has 0 spiro atoms. The molecule has 0 aliphatic carbocycles. The van der Waals surface area contributed by atoms with Crippen LogP contribution in [-0.4, -0.2) is 32.7 Å². The van der Waals surface area contributed by atoms with Crippen LogP contribution in [0.5, 0.6) is 0 Å². The maximum absolute atomic E-state index is 12.8. The molecule has 0 heterocycles. The number of halogens is 1. The van der Waals surface area contributed by atoms with Crippen molar-refractivity contribution in [2.75, 3.05) is 11.6 Å². The second-order valence-corrected chi connectivity index (χ2v) is 7.95. The zero-order chi connectivity index (χ0) is 19.3. The Labute approximate surface area is 150 Å². The molecule has 2 rings (SSSR count). The van der Waals surface area contributed by atoms with E-state index in [0.717, 1.165) is 6.26 Å². The second kappa shape index (κ2) is 8.09. The monoisotopic (exact) mass is 379 g/mol. The van der Waals surface area contributed by atoms with Crippen molar-refractivity contribution in [3.8, 4) is 0 Å². The molecule has 1 amide bonds. The van der Waals surface area contributed by atoms with E-state index in [2.05, 4.69) is 5.32 Å². The van der Waals surface area contributed by atoms with Crippen LogP contribution in [0.25, 0.3) is 0 Å². The van der Waals surface area contributed by atoms with Gasteiger partial charge in [0.25, 0.3) is 5.91 Å². The van der Waals surface area contributed by atoms with Gasteiger partial charge in [-0.2, -0.15) is 0 Å². The summed E-state index contributed by atoms with van der Waals surface area (Å²) in [6.45, 7) is 1.41. The fourth-order valence-electron chi connectivity index (χ4n) is 2.10. The molecular weight excluding hydrogens is 361 g/mol. The number of hydrogen-bond donors (Lipinski definition) is 1. The minimum Gasteiger partial charge on any atom is -0.449 e. The quantitative estimate of drug-likeness (QED) is 0.779. The molecule has 0 aliphatic rings. The largest absolute Gasteiger partial charge is 0.449 e. The lowest BCUT2D eigenvalue weighted by Gasteiger charge is -2.13. The molecule has 2 aromatic rings. The van der Waals surface area contributed by atoms with Crippen molar-refractivity contribution in [3.05, 3.63) is 65.5 Å². The number of benzene rings is 2. The molecular formula is C18H18FNO5S. The van der Waals surface area contributed by atoms with Crippen molar-refractivity contribution in [2.24, 2.45) is 0 Å². The molecule has 0 bridgehead atoms. The van der Waals surface area contributed by atoms with Crippen LogP contribution in [0.4, 0.5) is 10.1 Å². The van der Waals surface area contributed by atoms with Crippen molar-refractivity contribution in [1.29, 1.82) is 0 Å². The number of sulfone groups is 1. The Morgan fingerprint density at radius 2 is 1.65 bits per heavy atom. The third kappa shape index (κ3) is 5.96. The molecule has 0 fully saturated rings. The van der Waals surface area contributed by atoms with Gasteiger partial charge in [-0.25, -0.2) is 17.6 Å². The molecule has 0 aliphatic heterocycles. The van der Waals surface area contributed by atoms with Gasteiger partial charge in [-0.3, -0.25) is 4.79 Å². The molecule has 26 heavy (non-hydrogen) atoms. The molecule has 1 N–H and O–H groups in total. The highest BCUT2D eigenvalue weighted by molar-refractivity contribution is 7.89. The normalized spacial score (nSPS) is 12.3. The summed E-state index contributed by atoms with van der Waals surface area (Å²) in [7, 11) is -3.17. The van der Waals surface area contributed by atoms with E-state index in [-0.39, 0.29) is 11.3 Å². The molecule has 0 aromatic heterocycles. The number of carbonyl (C=O) groups is 2. The zero-order valence-electron chi connectivity index (χ0n) is 14.2. The number of anilines is 1. The predicted molar refractivity (Wildman–Crippen MR) is 94.9 cm³/mol. The van der Waals surface area contributed by atoms with Crippen LogP contribution in [0.2, 0.25) is 0 Å². The lowest BCUT2D eigenvalue weighted by molar-refractivity contribution is -0.123. The van der Waals surface area contributed by atoms with Gasteiger partial charge < -0.3 is 10.1 Å². The summed E-state index contributed by atoms with van der Waals surface area (Å²) in [5, 5.41) is 2.51. The van der Waals surface area contributed by atoms with Crippen molar-refractivity contribution < 1.29 is 27.1 Å². The third-order valence-corrected chi connectivity index (χ3v) is 4.24. The van der Waals surface area contributed by atoms with Gasteiger partial charge in [0.15, 0.2) is 15.9 Å². The maximum Gasteiger partial charge on any atom is 0.338 e. The number of esters is 1. The molecule has 8 heteroatoms. The lowest BCUT2D eigenvalue weighted by atomic mass is 10.1. The van der Waals surface area contributed by atoms with Gasteiger partial charge in [-0.1, -0.05) is 12.1 Å². The third-order valence-electron chi connectivity index (χ3n) is 3.38. The molecule has 0 radical (unpaired) electrons. The van der Waals surface area contributed by atoms with Crippen LogP contribution in [0, 0.1) is 5.82 Å². The average molecular weight is 379 g/mol. The molecule has 0 unspecified atom stereocenters. The first-order valence-electron chi connectivity index (χ1n) is 7.68. The van der Waals surface area contributed by atoms with E-state index in [4.69, 9.17) is 4.74 Å². The van der Waals surface area contributed by atoms with Crippen LogP contribution in [0.3, 0.4) is 0 Å². The van der Waals surface area contributed by atoms with E-state index in [1.807, 2.05) is 0 Å². The van der Waals surface area contributed by atoms with Crippen LogP contribution in [0.1, 0.15) is 22.8 Å². The number of rotatable bonds is 6. The van der Waals surface area contributed by atoms with Crippen molar-refractivity contribution in [3.63, 3.8) is 0 Å². The van der Waals surface area contributed by atoms with Gasteiger partial charge in [0.1, 0.15) is 5.82 Å². The predicted octanol–water partition coefficient (Wildman–Crippen LogP) is 2.55. The molecule has 138 valence electrons. The second-order valence-electron chi connectivity index (χ2n) is 5.81. The van der Waals surface area contributed by atoms with Gasteiger partial charge in [0.05, 0.1) is 11.3 Å². The molecule has 1 atom stereocenters. The lowest BCUT2D eigenvalue weighted by Crippen LogP contribution is -2.30. The Balaban J connectivity index is 1.95. The first kappa shape index (κ1) is 19.6. The van der Waals surface area contributed by atoms with Crippen LogP contribution >= 0.6 is 0 Å². The zero-order valence-corrected chi connectivity index (χ0v) is 15.0. The van der Waals surface area contributed by atoms with E-state index in [1.54, 1.807) is 0 Å². The molecule has 6 nitrogen and oxygen atoms in total. The van der Waals surface area contributed by atoms with Crippen molar-refractivity contribution >= 4 is 27.4 Å². The Hall–Kier alpha value is -2.74. The number of amides is 1. The molecule has 0 saturated heterocycles. The van der Waals surface area contributed by atoms with Crippen molar-refractivity contribution in [1.82, 2.24) is 0 Å². The van der Waals surface area contributed by atoms with Crippen LogP contribution in [-0.2, 0) is 25.1 Å². The first-order chi connectivity index (χ1) is 12.1. The summed E-state index contributed by atoms with van der Waals surface area (Å²) in [5.74, 6) is -1.82. The SMILES string of the molecule is C[C@@H](OC(=O)c1ccc(CS(C)(=O)=O)cc1)C(=O)Nc1ccc(F)cc1. The summed E-state index contributed by atoms with van der Waals surface area (Å²) in [6.07, 6.45) is 0.0552. The van der Waals surface area contributed by atoms with Gasteiger partial charge in [-0.05, 0) is 48.9 Å². The standard InChI is InChI=1S/C18H18FNO5S/c1-12(17(21)20-16-9-7-15(19)8-10-16)25-18(22)14-5-3-13(4-6-14)11-26(2,23)24/h3-10,12H,11H2,1-2H3,(H,20,21)/t12-/m1/s1. The van der Waals surface area contributed by atoms with Gasteiger partial charge in [-0.15, -0.1) is 0 Å². The van der Waals surface area contributed by atoms with E-state index in [9.17, 15) is 22.4 Å². The minimum absolute atomic E-state index is 0.126. The highest BCUT2D eigenvalue weighted by Crippen LogP contribution is 2.12. The van der Waals surface area contributed by atoms with Crippen LogP contribution < -0.4 is 5.32 Å². The molecule has 2 aromatic carbocycles. The maximum atomic E-state index is 12.8. The molecule has 0 saturated carbocycles. The first-order valence-corrected chi connectivity index (χ1v) is 9.74. The number of nitrogens with one attached hydrogen (secondary N) is 1. The Morgan fingerprint density at radius 3 is 2.19 bits per heavy atom. The van der Waals surface area contributed by atoms with Crippen molar-refractivity contribution in [2.45, 2.75) is 18.8 Å². The Bertz CT molecular complexity index is 892.